The highest BCUT2D eigenvalue weighted by Gasteiger charge is 2.02. The highest BCUT2D eigenvalue weighted by molar-refractivity contribution is 5.49. The van der Waals surface area contributed by atoms with Crippen molar-refractivity contribution in [2.24, 2.45) is 0 Å². The fourth-order valence-corrected chi connectivity index (χ4v) is 1.53. The van der Waals surface area contributed by atoms with Crippen LogP contribution in [0.25, 0.3) is 0 Å². The lowest BCUT2D eigenvalue weighted by Gasteiger charge is -2.05. The topological polar surface area (TPSA) is 87.6 Å². The van der Waals surface area contributed by atoms with Crippen LogP contribution in [0.5, 0.6) is 0 Å². The molecule has 90 valence electrons. The highest BCUT2D eigenvalue weighted by atomic mass is 15.1. The number of anilines is 2. The molecule has 0 spiro atoms. The van der Waals surface area contributed by atoms with Crippen molar-refractivity contribution in [1.82, 2.24) is 9.97 Å². The predicted octanol–water partition coefficient (Wildman–Crippen LogP) is 1.59. The maximum Gasteiger partial charge on any atom is 0.224 e. The molecule has 0 radical (unpaired) electrons. The molecule has 1 heterocycles. The lowest BCUT2D eigenvalue weighted by Crippen LogP contribution is -2.09. The maximum atomic E-state index is 8.70. The van der Waals surface area contributed by atoms with Gasteiger partial charge in [0.2, 0.25) is 5.95 Å². The molecule has 2 rings (SSSR count). The van der Waals surface area contributed by atoms with Crippen LogP contribution in [0.3, 0.4) is 0 Å². The van der Waals surface area contributed by atoms with Crippen LogP contribution in [0.15, 0.2) is 36.5 Å². The minimum atomic E-state index is 0.203. The summed E-state index contributed by atoms with van der Waals surface area (Å²) in [5, 5.41) is 11.8. The number of benzene rings is 1. The zero-order valence-electron chi connectivity index (χ0n) is 9.80. The first-order valence-electron chi connectivity index (χ1n) is 5.60. The van der Waals surface area contributed by atoms with Gasteiger partial charge in [-0.3, -0.25) is 0 Å². The minimum Gasteiger partial charge on any atom is -0.382 e. The summed E-state index contributed by atoms with van der Waals surface area (Å²) in [4.78, 5) is 8.03. The monoisotopic (exact) mass is 239 g/mol. The molecule has 1 aromatic heterocycles. The Hall–Kier alpha value is -2.61. The summed E-state index contributed by atoms with van der Waals surface area (Å²) in [7, 11) is 0. The number of rotatable bonds is 4. The van der Waals surface area contributed by atoms with E-state index in [1.807, 2.05) is 24.3 Å². The van der Waals surface area contributed by atoms with Gasteiger partial charge in [0.1, 0.15) is 17.5 Å². The second-order valence-corrected chi connectivity index (χ2v) is 3.77. The van der Waals surface area contributed by atoms with Crippen molar-refractivity contribution in [3.63, 3.8) is 0 Å². The van der Waals surface area contributed by atoms with Gasteiger partial charge in [0.25, 0.3) is 0 Å². The van der Waals surface area contributed by atoms with Gasteiger partial charge in [-0.15, -0.1) is 0 Å². The van der Waals surface area contributed by atoms with E-state index in [0.29, 0.717) is 11.5 Å². The first-order chi connectivity index (χ1) is 8.79. The van der Waals surface area contributed by atoms with E-state index < -0.39 is 0 Å². The molecule has 1 aromatic carbocycles. The van der Waals surface area contributed by atoms with E-state index in [4.69, 9.17) is 11.0 Å². The largest absolute Gasteiger partial charge is 0.382 e. The van der Waals surface area contributed by atoms with E-state index in [0.717, 1.165) is 13.0 Å². The van der Waals surface area contributed by atoms with Gasteiger partial charge >= 0.3 is 0 Å². The van der Waals surface area contributed by atoms with Crippen LogP contribution < -0.4 is 11.1 Å². The summed E-state index contributed by atoms with van der Waals surface area (Å²) >= 11 is 0. The molecule has 0 aliphatic rings. The lowest BCUT2D eigenvalue weighted by molar-refractivity contribution is 0.984. The van der Waals surface area contributed by atoms with Crippen molar-refractivity contribution < 1.29 is 0 Å². The van der Waals surface area contributed by atoms with Crippen LogP contribution in [-0.4, -0.2) is 16.5 Å². The third-order valence-electron chi connectivity index (χ3n) is 2.48. The quantitative estimate of drug-likeness (QED) is 0.845. The summed E-state index contributed by atoms with van der Waals surface area (Å²) in [5.41, 5.74) is 7.14. The average Bonchev–Trinajstić information content (AvgIpc) is 2.40. The first-order valence-corrected chi connectivity index (χ1v) is 5.60. The minimum absolute atomic E-state index is 0.203. The molecule has 0 aliphatic heterocycles. The van der Waals surface area contributed by atoms with Crippen molar-refractivity contribution >= 4 is 11.8 Å². The molecule has 0 saturated heterocycles. The normalized spacial score (nSPS) is 9.72. The van der Waals surface area contributed by atoms with Gasteiger partial charge in [-0.25, -0.2) is 4.98 Å². The Morgan fingerprint density at radius 3 is 2.72 bits per heavy atom. The fraction of sp³-hybridized carbons (Fsp3) is 0.154. The van der Waals surface area contributed by atoms with Gasteiger partial charge in [-0.05, 0) is 12.0 Å². The van der Waals surface area contributed by atoms with Gasteiger partial charge in [-0.1, -0.05) is 30.3 Å². The molecule has 5 heteroatoms. The van der Waals surface area contributed by atoms with E-state index >= 15 is 0 Å². The molecule has 0 atom stereocenters. The van der Waals surface area contributed by atoms with Crippen LogP contribution in [0.4, 0.5) is 11.8 Å². The highest BCUT2D eigenvalue weighted by Crippen LogP contribution is 2.08. The molecule has 0 fully saturated rings. The summed E-state index contributed by atoms with van der Waals surface area (Å²) in [6.07, 6.45) is 2.30. The number of nitrogens with two attached hydrogens (primary N) is 1. The SMILES string of the molecule is N#Cc1cnc(NCCc2ccccc2)nc1N. The maximum absolute atomic E-state index is 8.70. The summed E-state index contributed by atoms with van der Waals surface area (Å²) in [6, 6.07) is 12.1. The summed E-state index contributed by atoms with van der Waals surface area (Å²) in [5.74, 6) is 0.650. The third kappa shape index (κ3) is 2.95. The van der Waals surface area contributed by atoms with Crippen LogP contribution in [0.1, 0.15) is 11.1 Å². The van der Waals surface area contributed by atoms with Crippen molar-refractivity contribution in [1.29, 1.82) is 5.26 Å². The van der Waals surface area contributed by atoms with Crippen LogP contribution >= 0.6 is 0 Å². The zero-order valence-corrected chi connectivity index (χ0v) is 9.80. The summed E-state index contributed by atoms with van der Waals surface area (Å²) < 4.78 is 0. The van der Waals surface area contributed by atoms with Crippen molar-refractivity contribution in [2.75, 3.05) is 17.6 Å². The molecule has 0 bridgehead atoms. The standard InChI is InChI=1S/C13H13N5/c14-8-11-9-17-13(18-12(11)15)16-7-6-10-4-2-1-3-5-10/h1-5,9H,6-7H2,(H3,15,16,17,18). The average molecular weight is 239 g/mol. The Kier molecular flexibility index (Phi) is 3.72. The Bertz CT molecular complexity index is 559. The third-order valence-corrected chi connectivity index (χ3v) is 2.48. The molecule has 0 amide bonds. The Labute approximate surface area is 105 Å². The zero-order chi connectivity index (χ0) is 12.8. The molecule has 18 heavy (non-hydrogen) atoms. The van der Waals surface area contributed by atoms with Crippen LogP contribution in [-0.2, 0) is 6.42 Å². The van der Waals surface area contributed by atoms with Crippen LogP contribution in [0.2, 0.25) is 0 Å². The molecule has 5 nitrogen and oxygen atoms in total. The molecular formula is C13H13N5. The summed E-state index contributed by atoms with van der Waals surface area (Å²) in [6.45, 7) is 0.718. The molecule has 0 saturated carbocycles. The first kappa shape index (κ1) is 11.9. The number of nitrogens with zero attached hydrogens (tertiary/aromatic N) is 3. The van der Waals surface area contributed by atoms with E-state index in [9.17, 15) is 0 Å². The molecule has 0 unspecified atom stereocenters. The van der Waals surface area contributed by atoms with Gasteiger partial charge in [0.15, 0.2) is 0 Å². The lowest BCUT2D eigenvalue weighted by atomic mass is 10.1. The molecule has 0 aliphatic carbocycles. The molecular weight excluding hydrogens is 226 g/mol. The number of nitrogen functional groups attached to an aromatic ring is 1. The van der Waals surface area contributed by atoms with Gasteiger partial charge < -0.3 is 11.1 Å². The number of hydrogen-bond donors (Lipinski definition) is 2. The second-order valence-electron chi connectivity index (χ2n) is 3.77. The predicted molar refractivity (Wildman–Crippen MR) is 69.8 cm³/mol. The number of aromatic nitrogens is 2. The van der Waals surface area contributed by atoms with Gasteiger partial charge in [0, 0.05) is 6.54 Å². The van der Waals surface area contributed by atoms with Crippen LogP contribution in [0, 0.1) is 11.3 Å². The Morgan fingerprint density at radius 2 is 2.06 bits per heavy atom. The van der Waals surface area contributed by atoms with E-state index in [1.165, 1.54) is 11.8 Å². The number of nitriles is 1. The van der Waals surface area contributed by atoms with Crippen molar-refractivity contribution in [3.8, 4) is 6.07 Å². The van der Waals surface area contributed by atoms with Gasteiger partial charge in [0.05, 0.1) is 6.20 Å². The molecule has 3 N–H and O–H groups in total. The van der Waals surface area contributed by atoms with Crippen molar-refractivity contribution in [2.45, 2.75) is 6.42 Å². The van der Waals surface area contributed by atoms with E-state index in [-0.39, 0.29) is 5.82 Å². The van der Waals surface area contributed by atoms with Gasteiger partial charge in [-0.2, -0.15) is 10.2 Å². The van der Waals surface area contributed by atoms with E-state index in [2.05, 4.69) is 27.4 Å². The fourth-order valence-electron chi connectivity index (χ4n) is 1.53. The van der Waals surface area contributed by atoms with Crippen molar-refractivity contribution in [3.05, 3.63) is 47.7 Å². The number of nitrogens with one attached hydrogen (secondary N) is 1. The Balaban J connectivity index is 1.91. The Morgan fingerprint density at radius 1 is 1.28 bits per heavy atom. The molecule has 2 aromatic rings. The smallest absolute Gasteiger partial charge is 0.224 e. The second kappa shape index (κ2) is 5.64. The van der Waals surface area contributed by atoms with E-state index in [1.54, 1.807) is 0 Å². The number of hydrogen-bond acceptors (Lipinski definition) is 5.